The minimum Gasteiger partial charge on any atom is -0.312 e. The standard InChI is InChI=1S/C12H26N2O4S2/c1-12(2,3)13-8-11-6-5-7-14(9-11)20(17,18)10-19(4,15)16/h11,13H,5-10H2,1-4H3. The summed E-state index contributed by atoms with van der Waals surface area (Å²) in [4.78, 5) is 0. The third-order valence-corrected chi connectivity index (χ3v) is 7.18. The van der Waals surface area contributed by atoms with E-state index in [1.807, 2.05) is 0 Å². The summed E-state index contributed by atoms with van der Waals surface area (Å²) in [7, 11) is -7.24. The minimum absolute atomic E-state index is 0.00604. The molecule has 0 saturated carbocycles. The van der Waals surface area contributed by atoms with E-state index in [0.717, 1.165) is 25.6 Å². The van der Waals surface area contributed by atoms with Crippen LogP contribution in [-0.4, -0.2) is 57.7 Å². The molecule has 0 bridgehead atoms. The number of piperidine rings is 1. The monoisotopic (exact) mass is 326 g/mol. The van der Waals surface area contributed by atoms with E-state index in [1.54, 1.807) is 0 Å². The number of hydrogen-bond donors (Lipinski definition) is 1. The van der Waals surface area contributed by atoms with Gasteiger partial charge in [-0.05, 0) is 46.1 Å². The minimum atomic E-state index is -3.71. The van der Waals surface area contributed by atoms with Gasteiger partial charge in [-0.2, -0.15) is 0 Å². The first kappa shape index (κ1) is 17.9. The number of rotatable bonds is 5. The van der Waals surface area contributed by atoms with E-state index in [1.165, 1.54) is 4.31 Å². The van der Waals surface area contributed by atoms with Gasteiger partial charge in [0.15, 0.2) is 14.9 Å². The Labute approximate surface area is 122 Å². The molecular weight excluding hydrogens is 300 g/mol. The van der Waals surface area contributed by atoms with Crippen molar-refractivity contribution in [1.29, 1.82) is 0 Å². The molecule has 8 heteroatoms. The van der Waals surface area contributed by atoms with Crippen LogP contribution in [0.1, 0.15) is 33.6 Å². The summed E-state index contributed by atoms with van der Waals surface area (Å²) in [6.07, 6.45) is 2.70. The average Bonchev–Trinajstić information content (AvgIpc) is 2.22. The second kappa shape index (κ2) is 6.29. The highest BCUT2D eigenvalue weighted by atomic mass is 32.3. The Kier molecular flexibility index (Phi) is 5.62. The topological polar surface area (TPSA) is 83.6 Å². The van der Waals surface area contributed by atoms with Gasteiger partial charge in [-0.25, -0.2) is 21.1 Å². The summed E-state index contributed by atoms with van der Waals surface area (Å²) in [5.41, 5.74) is -0.00604. The van der Waals surface area contributed by atoms with E-state index in [-0.39, 0.29) is 11.5 Å². The highest BCUT2D eigenvalue weighted by Gasteiger charge is 2.31. The second-order valence-electron chi connectivity index (χ2n) is 6.65. The lowest BCUT2D eigenvalue weighted by atomic mass is 9.98. The average molecular weight is 326 g/mol. The van der Waals surface area contributed by atoms with Gasteiger partial charge in [0.05, 0.1) is 0 Å². The summed E-state index contributed by atoms with van der Waals surface area (Å²) in [6, 6.07) is 0. The predicted octanol–water partition coefficient (Wildman–Crippen LogP) is 0.418. The maximum atomic E-state index is 12.1. The van der Waals surface area contributed by atoms with Crippen molar-refractivity contribution in [1.82, 2.24) is 9.62 Å². The number of sulfonamides is 1. The summed E-state index contributed by atoms with van der Waals surface area (Å²) in [6.45, 7) is 7.76. The van der Waals surface area contributed by atoms with Crippen LogP contribution < -0.4 is 5.32 Å². The van der Waals surface area contributed by atoms with E-state index >= 15 is 0 Å². The smallest absolute Gasteiger partial charge is 0.228 e. The van der Waals surface area contributed by atoms with E-state index < -0.39 is 24.9 Å². The first-order chi connectivity index (χ1) is 8.89. The van der Waals surface area contributed by atoms with Crippen LogP contribution in [0.15, 0.2) is 0 Å². The van der Waals surface area contributed by atoms with Crippen molar-refractivity contribution in [3.05, 3.63) is 0 Å². The Morgan fingerprint density at radius 3 is 2.30 bits per heavy atom. The van der Waals surface area contributed by atoms with Crippen molar-refractivity contribution in [3.63, 3.8) is 0 Å². The molecule has 0 radical (unpaired) electrons. The molecule has 0 aromatic carbocycles. The lowest BCUT2D eigenvalue weighted by Gasteiger charge is -2.33. The molecule has 1 heterocycles. The molecule has 0 aromatic heterocycles. The molecule has 1 unspecified atom stereocenters. The molecule has 0 amide bonds. The quantitative estimate of drug-likeness (QED) is 0.791. The zero-order chi connectivity index (χ0) is 15.6. The second-order valence-corrected chi connectivity index (χ2v) is 11.1. The van der Waals surface area contributed by atoms with Gasteiger partial charge in [0.25, 0.3) is 0 Å². The van der Waals surface area contributed by atoms with Gasteiger partial charge in [0, 0.05) is 24.9 Å². The first-order valence-electron chi connectivity index (χ1n) is 6.80. The number of sulfone groups is 1. The third-order valence-electron chi connectivity index (χ3n) is 3.16. The van der Waals surface area contributed by atoms with Crippen LogP contribution in [0.4, 0.5) is 0 Å². The fraction of sp³-hybridized carbons (Fsp3) is 1.00. The molecule has 1 atom stereocenters. The molecule has 20 heavy (non-hydrogen) atoms. The van der Waals surface area contributed by atoms with Crippen molar-refractivity contribution in [3.8, 4) is 0 Å². The maximum absolute atomic E-state index is 12.1. The summed E-state index contributed by atoms with van der Waals surface area (Å²) in [5.74, 6) is 0.234. The van der Waals surface area contributed by atoms with Crippen LogP contribution in [0.25, 0.3) is 0 Å². The molecule has 1 N–H and O–H groups in total. The van der Waals surface area contributed by atoms with Gasteiger partial charge >= 0.3 is 0 Å². The highest BCUT2D eigenvalue weighted by molar-refractivity contribution is 8.06. The largest absolute Gasteiger partial charge is 0.312 e. The van der Waals surface area contributed by atoms with Gasteiger partial charge in [-0.15, -0.1) is 0 Å². The summed E-state index contributed by atoms with van der Waals surface area (Å²) < 4.78 is 47.9. The van der Waals surface area contributed by atoms with Crippen LogP contribution in [0.2, 0.25) is 0 Å². The van der Waals surface area contributed by atoms with Gasteiger partial charge < -0.3 is 5.32 Å². The number of nitrogens with one attached hydrogen (secondary N) is 1. The molecule has 1 aliphatic rings. The molecule has 1 rings (SSSR count). The van der Waals surface area contributed by atoms with E-state index in [0.29, 0.717) is 13.1 Å². The Morgan fingerprint density at radius 2 is 1.80 bits per heavy atom. The Balaban J connectivity index is 2.65. The molecule has 1 fully saturated rings. The van der Waals surface area contributed by atoms with Crippen LogP contribution in [-0.2, 0) is 19.9 Å². The van der Waals surface area contributed by atoms with Crippen molar-refractivity contribution < 1.29 is 16.8 Å². The van der Waals surface area contributed by atoms with Gasteiger partial charge in [0.2, 0.25) is 10.0 Å². The molecular formula is C12H26N2O4S2. The highest BCUT2D eigenvalue weighted by Crippen LogP contribution is 2.20. The summed E-state index contributed by atoms with van der Waals surface area (Å²) in [5, 5.41) is 2.58. The Hall–Kier alpha value is -0.180. The molecule has 120 valence electrons. The SMILES string of the molecule is CC(C)(C)NCC1CCCN(S(=O)(=O)CS(C)(=O)=O)C1. The lowest BCUT2D eigenvalue weighted by molar-refractivity contribution is 0.246. The number of hydrogen-bond acceptors (Lipinski definition) is 5. The van der Waals surface area contributed by atoms with Crippen molar-refractivity contribution >= 4 is 19.9 Å². The molecule has 0 aliphatic carbocycles. The molecule has 0 aromatic rings. The predicted molar refractivity (Wildman–Crippen MR) is 80.7 cm³/mol. The number of nitrogens with zero attached hydrogens (tertiary/aromatic N) is 1. The molecule has 1 aliphatic heterocycles. The van der Waals surface area contributed by atoms with Crippen molar-refractivity contribution in [2.24, 2.45) is 5.92 Å². The lowest BCUT2D eigenvalue weighted by Crippen LogP contribution is -2.47. The van der Waals surface area contributed by atoms with E-state index in [9.17, 15) is 16.8 Å². The van der Waals surface area contributed by atoms with Crippen LogP contribution in [0, 0.1) is 5.92 Å². The van der Waals surface area contributed by atoms with E-state index in [4.69, 9.17) is 0 Å². The van der Waals surface area contributed by atoms with Crippen molar-refractivity contribution in [2.75, 3.05) is 31.0 Å². The Morgan fingerprint density at radius 1 is 1.20 bits per heavy atom. The third kappa shape index (κ3) is 6.51. The zero-order valence-corrected chi connectivity index (χ0v) is 14.3. The van der Waals surface area contributed by atoms with Crippen molar-refractivity contribution in [2.45, 2.75) is 39.2 Å². The Bertz CT molecular complexity index is 520. The van der Waals surface area contributed by atoms with Gasteiger partial charge in [0.1, 0.15) is 0 Å². The molecule has 1 saturated heterocycles. The van der Waals surface area contributed by atoms with Crippen LogP contribution in [0.3, 0.4) is 0 Å². The first-order valence-corrected chi connectivity index (χ1v) is 10.5. The van der Waals surface area contributed by atoms with E-state index in [2.05, 4.69) is 26.1 Å². The van der Waals surface area contributed by atoms with Crippen LogP contribution >= 0.6 is 0 Å². The van der Waals surface area contributed by atoms with Crippen LogP contribution in [0.5, 0.6) is 0 Å². The zero-order valence-electron chi connectivity index (χ0n) is 12.7. The summed E-state index contributed by atoms with van der Waals surface area (Å²) >= 11 is 0. The van der Waals surface area contributed by atoms with Gasteiger partial charge in [-0.1, -0.05) is 0 Å². The fourth-order valence-electron chi connectivity index (χ4n) is 2.24. The van der Waals surface area contributed by atoms with Gasteiger partial charge in [-0.3, -0.25) is 0 Å². The molecule has 6 nitrogen and oxygen atoms in total. The maximum Gasteiger partial charge on any atom is 0.228 e. The normalized spacial score (nSPS) is 22.9. The fourth-order valence-corrected chi connectivity index (χ4v) is 5.85. The molecule has 0 spiro atoms.